The molecule has 1 aliphatic carbocycles. The summed E-state index contributed by atoms with van der Waals surface area (Å²) in [5.41, 5.74) is 8.31. The zero-order valence-corrected chi connectivity index (χ0v) is 39.2. The lowest BCUT2D eigenvalue weighted by atomic mass is 9.76. The normalized spacial score (nSPS) is 17.2. The Bertz CT molecular complexity index is 2540. The van der Waals surface area contributed by atoms with Crippen LogP contribution in [0.5, 0.6) is 0 Å². The number of ether oxygens (including phenoxy) is 1. The first-order valence-electron chi connectivity index (χ1n) is 21.2. The number of benzene rings is 3. The first-order valence-corrected chi connectivity index (χ1v) is 24.0. The molecule has 0 fully saturated rings. The van der Waals surface area contributed by atoms with Gasteiger partial charge in [-0.1, -0.05) is 84.0 Å². The number of hydrogen-bond donors (Lipinski definition) is 4. The van der Waals surface area contributed by atoms with Crippen LogP contribution in [0.2, 0.25) is 0 Å². The van der Waals surface area contributed by atoms with Gasteiger partial charge in [-0.25, -0.2) is 4.79 Å². The first-order chi connectivity index (χ1) is 28.8. The van der Waals surface area contributed by atoms with E-state index in [1.165, 1.54) is 18.2 Å². The summed E-state index contributed by atoms with van der Waals surface area (Å²) in [4.78, 5) is 14.1. The molecule has 0 saturated carbocycles. The topological polar surface area (TPSA) is 162 Å². The van der Waals surface area contributed by atoms with Crippen molar-refractivity contribution in [3.05, 3.63) is 142 Å². The number of fused-ring (bicyclic) bond motifs is 1. The van der Waals surface area contributed by atoms with E-state index in [4.69, 9.17) is 4.74 Å². The summed E-state index contributed by atoms with van der Waals surface area (Å²) in [5, 5.41) is 6.54. The molecule has 4 N–H and O–H groups in total. The maximum Gasteiger partial charge on any atom is 0.407 e. The maximum atomic E-state index is 12.2. The highest BCUT2D eigenvalue weighted by Crippen LogP contribution is 2.49. The summed E-state index contributed by atoms with van der Waals surface area (Å²) in [5.74, 6) is 0. The third-order valence-electron chi connectivity index (χ3n) is 11.6. The zero-order chi connectivity index (χ0) is 45.8. The number of carbonyl (C=O) groups is 1. The fourth-order valence-corrected chi connectivity index (χ4v) is 9.02. The number of nitrogens with one attached hydrogen (secondary N) is 2. The van der Waals surface area contributed by atoms with Crippen LogP contribution in [0.3, 0.4) is 0 Å². The number of aryl methyl sites for hydroxylation is 1. The molecular weight excluding hydrogens is 823 g/mol. The van der Waals surface area contributed by atoms with Gasteiger partial charge >= 0.3 is 6.09 Å². The van der Waals surface area contributed by atoms with Crippen LogP contribution in [-0.2, 0) is 42.2 Å². The van der Waals surface area contributed by atoms with Gasteiger partial charge in [-0.05, 0) is 147 Å². The van der Waals surface area contributed by atoms with Gasteiger partial charge in [0.15, 0.2) is 0 Å². The third kappa shape index (κ3) is 11.5. The van der Waals surface area contributed by atoms with Gasteiger partial charge in [-0.2, -0.15) is 16.8 Å². The van der Waals surface area contributed by atoms with E-state index < -0.39 is 42.8 Å². The number of nitrogens with zero attached hydrogens (tertiary/aromatic N) is 1. The van der Waals surface area contributed by atoms with Crippen LogP contribution in [0.4, 0.5) is 16.2 Å². The number of unbranched alkanes of at least 4 members (excludes halogenated alkanes) is 1. The van der Waals surface area contributed by atoms with E-state index in [9.17, 15) is 30.7 Å². The molecule has 0 atom stereocenters. The number of hydrogen-bond acceptors (Lipinski definition) is 8. The minimum Gasteiger partial charge on any atom is -0.444 e. The molecule has 0 radical (unpaired) electrons. The second-order valence-corrected chi connectivity index (χ2v) is 21.1. The van der Waals surface area contributed by atoms with Crippen molar-refractivity contribution < 1.29 is 35.5 Å². The van der Waals surface area contributed by atoms with Crippen LogP contribution in [0.1, 0.15) is 110 Å². The van der Waals surface area contributed by atoms with E-state index in [0.717, 1.165) is 100 Å². The summed E-state index contributed by atoms with van der Waals surface area (Å²) >= 11 is 0. The second kappa shape index (κ2) is 18.8. The highest BCUT2D eigenvalue weighted by molar-refractivity contribution is 7.86. The van der Waals surface area contributed by atoms with Gasteiger partial charge in [0.1, 0.15) is 5.60 Å². The Hall–Kier alpha value is -4.95. The Balaban J connectivity index is 1.54. The van der Waals surface area contributed by atoms with Gasteiger partial charge in [0, 0.05) is 46.7 Å². The van der Waals surface area contributed by atoms with Crippen molar-refractivity contribution in [3.63, 3.8) is 0 Å². The van der Waals surface area contributed by atoms with Gasteiger partial charge in [0.05, 0.1) is 9.79 Å². The minimum absolute atomic E-state index is 0.131. The fourth-order valence-electron chi connectivity index (χ4n) is 8.01. The molecule has 5 rings (SSSR count). The monoisotopic (exact) mass is 885 g/mol. The Morgan fingerprint density at radius 1 is 0.919 bits per heavy atom. The molecule has 1 aliphatic heterocycles. The molecular formula is C49H63N3O8S2. The average Bonchev–Trinajstić information content (AvgIpc) is 3.39. The lowest BCUT2D eigenvalue weighted by Gasteiger charge is -2.29. The Labute approximate surface area is 369 Å². The molecule has 0 bridgehead atoms. The molecule has 0 aromatic heterocycles. The number of allylic oxidation sites excluding steroid dienone is 8. The number of amides is 1. The van der Waals surface area contributed by atoms with Gasteiger partial charge < -0.3 is 20.3 Å². The molecule has 13 heteroatoms. The number of anilines is 2. The summed E-state index contributed by atoms with van der Waals surface area (Å²) in [6.45, 7) is 23.2. The van der Waals surface area contributed by atoms with E-state index >= 15 is 0 Å². The summed E-state index contributed by atoms with van der Waals surface area (Å²) in [6, 6.07) is 17.5. The molecule has 0 saturated heterocycles. The fraction of sp³-hybridized carbons (Fsp3) is 0.408. The first kappa shape index (κ1) is 48.1. The number of alkyl carbamates (subject to hydrolysis) is 1. The third-order valence-corrected chi connectivity index (χ3v) is 13.3. The Morgan fingerprint density at radius 3 is 2.19 bits per heavy atom. The molecule has 0 unspecified atom stereocenters. The van der Waals surface area contributed by atoms with Gasteiger partial charge in [-0.15, -0.1) is 0 Å². The summed E-state index contributed by atoms with van der Waals surface area (Å²) in [6.07, 6.45) is 12.9. The van der Waals surface area contributed by atoms with Crippen molar-refractivity contribution >= 4 is 37.7 Å². The zero-order valence-electron chi connectivity index (χ0n) is 37.6. The molecule has 2 aliphatic rings. The molecule has 11 nitrogen and oxygen atoms in total. The molecule has 334 valence electrons. The highest BCUT2D eigenvalue weighted by atomic mass is 32.2. The molecule has 3 aromatic rings. The number of rotatable bonds is 15. The van der Waals surface area contributed by atoms with Crippen LogP contribution >= 0.6 is 0 Å². The van der Waals surface area contributed by atoms with Crippen LogP contribution < -0.4 is 15.5 Å². The lowest BCUT2D eigenvalue weighted by molar-refractivity contribution is 0.0528. The van der Waals surface area contributed by atoms with Gasteiger partial charge in [0.2, 0.25) is 0 Å². The predicted octanol–water partition coefficient (Wildman–Crippen LogP) is 10.9. The molecule has 3 aromatic carbocycles. The average molecular weight is 886 g/mol. The van der Waals surface area contributed by atoms with E-state index in [0.29, 0.717) is 13.0 Å². The van der Waals surface area contributed by atoms with Crippen molar-refractivity contribution in [2.75, 3.05) is 23.3 Å². The van der Waals surface area contributed by atoms with Crippen LogP contribution in [0.25, 0.3) is 0 Å². The molecule has 1 heterocycles. The Kier molecular flexibility index (Phi) is 14.6. The van der Waals surface area contributed by atoms with Crippen molar-refractivity contribution in [1.82, 2.24) is 5.32 Å². The van der Waals surface area contributed by atoms with E-state index in [-0.39, 0.29) is 9.79 Å². The molecule has 1 amide bonds. The molecule has 0 spiro atoms. The quantitative estimate of drug-likeness (QED) is 0.0853. The smallest absolute Gasteiger partial charge is 0.407 e. The van der Waals surface area contributed by atoms with Crippen LogP contribution in [0, 0.1) is 6.92 Å². The summed E-state index contributed by atoms with van der Waals surface area (Å²) in [7, 11) is -8.80. The van der Waals surface area contributed by atoms with E-state index in [1.807, 2.05) is 71.9 Å². The van der Waals surface area contributed by atoms with Gasteiger partial charge in [-0.3, -0.25) is 9.11 Å². The van der Waals surface area contributed by atoms with Gasteiger partial charge in [0.25, 0.3) is 20.2 Å². The lowest BCUT2D eigenvalue weighted by Crippen LogP contribution is -2.33. The van der Waals surface area contributed by atoms with Crippen molar-refractivity contribution in [3.8, 4) is 0 Å². The standard InChI is InChI=1S/C49H63N3O8S2/c1-11-12-30-52-43-26-25-40(62(57,58)59)32-42(43)49(9,10)44(52)27-21-37-15-13-14-36(20-17-34(3)48(7,8)41-31-39(61(54,55)56)24-16-33(41)2)45(37)51-38-22-18-35(19-23-38)28-29-50-46(53)60-47(4,5)6/h16-27,31-32,51H,3,11-15,28-30H2,1-2,4-10H3,(H,50,53)(H,54,55,56)(H,57,58,59)/b20-17+,37-21+,44-27+. The second-order valence-electron chi connectivity index (χ2n) is 18.2. The van der Waals surface area contributed by atoms with E-state index in [2.05, 4.69) is 61.1 Å². The van der Waals surface area contributed by atoms with Crippen molar-refractivity contribution in [2.24, 2.45) is 0 Å². The number of carbonyl (C=O) groups excluding carboxylic acids is 1. The highest BCUT2D eigenvalue weighted by Gasteiger charge is 2.40. The Morgan fingerprint density at radius 2 is 1.56 bits per heavy atom. The van der Waals surface area contributed by atoms with Crippen LogP contribution in [-0.4, -0.2) is 50.7 Å². The van der Waals surface area contributed by atoms with E-state index in [1.54, 1.807) is 18.2 Å². The summed E-state index contributed by atoms with van der Waals surface area (Å²) < 4.78 is 73.6. The SMILES string of the molecule is C=C(/C=C/C1=C(Nc2ccc(CCNC(=O)OC(C)(C)C)cc2)C(=C/C=C2/N(CCCC)c3ccc(S(=O)(=O)O)cc3C2(C)C)/CCC1)C(C)(C)c1cc(S(=O)(=O)O)ccc1C. The maximum absolute atomic E-state index is 12.2. The van der Waals surface area contributed by atoms with Crippen LogP contribution in [0.15, 0.2) is 129 Å². The van der Waals surface area contributed by atoms with Crippen molar-refractivity contribution in [1.29, 1.82) is 0 Å². The minimum atomic E-state index is -4.40. The predicted molar refractivity (Wildman–Crippen MR) is 249 cm³/mol. The largest absolute Gasteiger partial charge is 0.444 e. The van der Waals surface area contributed by atoms with Crippen molar-refractivity contribution in [2.45, 2.75) is 127 Å². The molecule has 62 heavy (non-hydrogen) atoms.